The van der Waals surface area contributed by atoms with Gasteiger partial charge in [0.1, 0.15) is 5.60 Å². The fraction of sp³-hybridized carbons (Fsp3) is 0.450. The van der Waals surface area contributed by atoms with Crippen LogP contribution >= 0.6 is 11.3 Å². The number of hydrogen-bond acceptors (Lipinski definition) is 5. The molecule has 140 valence electrons. The maximum Gasteiger partial charge on any atom is 0.251 e. The lowest BCUT2D eigenvalue weighted by atomic mass is 10.0. The zero-order chi connectivity index (χ0) is 18.4. The molecule has 0 unspecified atom stereocenters. The van der Waals surface area contributed by atoms with E-state index < -0.39 is 5.60 Å². The Kier molecular flexibility index (Phi) is 6.43. The minimum Gasteiger partial charge on any atom is -0.383 e. The molecule has 1 aromatic carbocycles. The van der Waals surface area contributed by atoms with Crippen LogP contribution in [-0.4, -0.2) is 36.9 Å². The predicted octanol–water partition coefficient (Wildman–Crippen LogP) is 3.08. The molecule has 0 saturated carbocycles. The summed E-state index contributed by atoms with van der Waals surface area (Å²) in [7, 11) is 0. The first-order chi connectivity index (χ1) is 12.6. The molecular weight excluding hydrogens is 350 g/mol. The van der Waals surface area contributed by atoms with E-state index in [0.717, 1.165) is 36.5 Å². The standard InChI is InChI=1S/C20H25NO4S/c1-20(23,18-7-4-12-26-18)14-21-19(22)17-6-3-2-5-15(17)13-25-16-8-10-24-11-9-16/h2-7,12,16,23H,8-11,13-14H2,1H3,(H,21,22)/t20-/m0/s1. The molecule has 2 heterocycles. The van der Waals surface area contributed by atoms with Crippen molar-refractivity contribution in [3.05, 3.63) is 57.8 Å². The first kappa shape index (κ1) is 19.0. The van der Waals surface area contributed by atoms with Gasteiger partial charge in [-0.25, -0.2) is 0 Å². The van der Waals surface area contributed by atoms with Gasteiger partial charge in [0, 0.05) is 23.7 Å². The lowest BCUT2D eigenvalue weighted by Gasteiger charge is -2.24. The monoisotopic (exact) mass is 375 g/mol. The molecule has 1 atom stereocenters. The second kappa shape index (κ2) is 8.77. The number of carbonyl (C=O) groups is 1. The lowest BCUT2D eigenvalue weighted by molar-refractivity contribution is -0.0392. The van der Waals surface area contributed by atoms with Gasteiger partial charge in [0.2, 0.25) is 0 Å². The molecule has 1 amide bonds. The molecular formula is C20H25NO4S. The van der Waals surface area contributed by atoms with Crippen LogP contribution in [0.1, 0.15) is 40.6 Å². The third-order valence-corrected chi connectivity index (χ3v) is 5.67. The van der Waals surface area contributed by atoms with Gasteiger partial charge in [-0.05, 0) is 42.8 Å². The molecule has 0 radical (unpaired) electrons. The second-order valence-corrected chi connectivity index (χ2v) is 7.66. The van der Waals surface area contributed by atoms with Crippen LogP contribution in [0.15, 0.2) is 41.8 Å². The van der Waals surface area contributed by atoms with Crippen LogP contribution < -0.4 is 5.32 Å². The van der Waals surface area contributed by atoms with E-state index in [1.807, 2.05) is 35.7 Å². The van der Waals surface area contributed by atoms with E-state index in [4.69, 9.17) is 9.47 Å². The van der Waals surface area contributed by atoms with E-state index in [-0.39, 0.29) is 18.6 Å². The van der Waals surface area contributed by atoms with Gasteiger partial charge in [0.15, 0.2) is 0 Å². The molecule has 0 bridgehead atoms. The number of rotatable bonds is 7. The van der Waals surface area contributed by atoms with Crippen molar-refractivity contribution < 1.29 is 19.4 Å². The largest absolute Gasteiger partial charge is 0.383 e. The van der Waals surface area contributed by atoms with Gasteiger partial charge < -0.3 is 19.9 Å². The molecule has 26 heavy (non-hydrogen) atoms. The smallest absolute Gasteiger partial charge is 0.251 e. The molecule has 1 aromatic heterocycles. The van der Waals surface area contributed by atoms with Gasteiger partial charge in [0.25, 0.3) is 5.91 Å². The van der Waals surface area contributed by atoms with Crippen LogP contribution in [0.5, 0.6) is 0 Å². The van der Waals surface area contributed by atoms with Crippen molar-refractivity contribution >= 4 is 17.2 Å². The first-order valence-electron chi connectivity index (χ1n) is 8.88. The van der Waals surface area contributed by atoms with Crippen molar-refractivity contribution in [1.82, 2.24) is 5.32 Å². The van der Waals surface area contributed by atoms with Crippen molar-refractivity contribution in [1.29, 1.82) is 0 Å². The Morgan fingerprint density at radius 2 is 2.08 bits per heavy atom. The number of amides is 1. The van der Waals surface area contributed by atoms with E-state index in [1.54, 1.807) is 13.0 Å². The van der Waals surface area contributed by atoms with Crippen LogP contribution in [0.4, 0.5) is 0 Å². The van der Waals surface area contributed by atoms with E-state index in [1.165, 1.54) is 11.3 Å². The minimum atomic E-state index is -1.09. The molecule has 1 fully saturated rings. The first-order valence-corrected chi connectivity index (χ1v) is 9.76. The van der Waals surface area contributed by atoms with Crippen molar-refractivity contribution in [2.24, 2.45) is 0 Å². The fourth-order valence-corrected chi connectivity index (χ4v) is 3.72. The van der Waals surface area contributed by atoms with Gasteiger partial charge in [0.05, 0.1) is 19.3 Å². The van der Waals surface area contributed by atoms with Crippen molar-refractivity contribution in [3.63, 3.8) is 0 Å². The molecule has 2 N–H and O–H groups in total. The lowest BCUT2D eigenvalue weighted by Crippen LogP contribution is -2.38. The maximum atomic E-state index is 12.6. The summed E-state index contributed by atoms with van der Waals surface area (Å²) in [5, 5.41) is 15.3. The highest BCUT2D eigenvalue weighted by Crippen LogP contribution is 2.24. The molecule has 1 aliphatic rings. The Labute approximate surface area is 158 Å². The Hall–Kier alpha value is -1.73. The Balaban J connectivity index is 1.60. The predicted molar refractivity (Wildman–Crippen MR) is 101 cm³/mol. The molecule has 3 rings (SSSR count). The fourth-order valence-electron chi connectivity index (χ4n) is 2.94. The number of carbonyl (C=O) groups excluding carboxylic acids is 1. The Morgan fingerprint density at radius 1 is 1.31 bits per heavy atom. The van der Waals surface area contributed by atoms with Crippen LogP contribution in [0.25, 0.3) is 0 Å². The quantitative estimate of drug-likeness (QED) is 0.780. The van der Waals surface area contributed by atoms with E-state index in [9.17, 15) is 9.90 Å². The number of benzene rings is 1. The van der Waals surface area contributed by atoms with Crippen molar-refractivity contribution in [2.75, 3.05) is 19.8 Å². The van der Waals surface area contributed by atoms with Gasteiger partial charge in [-0.1, -0.05) is 24.3 Å². The summed E-state index contributed by atoms with van der Waals surface area (Å²) in [4.78, 5) is 13.5. The number of nitrogens with one attached hydrogen (secondary N) is 1. The summed E-state index contributed by atoms with van der Waals surface area (Å²) in [6, 6.07) is 11.2. The molecule has 5 nitrogen and oxygen atoms in total. The summed E-state index contributed by atoms with van der Waals surface area (Å²) in [6.07, 6.45) is 1.95. The van der Waals surface area contributed by atoms with Gasteiger partial charge >= 0.3 is 0 Å². The molecule has 0 spiro atoms. The minimum absolute atomic E-state index is 0.154. The van der Waals surface area contributed by atoms with Crippen LogP contribution in [0.3, 0.4) is 0 Å². The number of aliphatic hydroxyl groups is 1. The zero-order valence-corrected chi connectivity index (χ0v) is 15.8. The van der Waals surface area contributed by atoms with Crippen LogP contribution in [0, 0.1) is 0 Å². The number of hydrogen-bond donors (Lipinski definition) is 2. The molecule has 0 aliphatic carbocycles. The van der Waals surface area contributed by atoms with E-state index in [0.29, 0.717) is 12.2 Å². The third kappa shape index (κ3) is 4.92. The summed E-state index contributed by atoms with van der Waals surface area (Å²) in [5.74, 6) is -0.201. The molecule has 1 saturated heterocycles. The molecule has 2 aromatic rings. The third-order valence-electron chi connectivity index (χ3n) is 4.55. The van der Waals surface area contributed by atoms with Gasteiger partial charge in [-0.2, -0.15) is 0 Å². The summed E-state index contributed by atoms with van der Waals surface area (Å²) < 4.78 is 11.3. The molecule has 6 heteroatoms. The average Bonchev–Trinajstić information content (AvgIpc) is 3.21. The van der Waals surface area contributed by atoms with Crippen molar-refractivity contribution in [2.45, 2.75) is 38.1 Å². The van der Waals surface area contributed by atoms with Crippen LogP contribution in [0.2, 0.25) is 0 Å². The highest BCUT2D eigenvalue weighted by atomic mass is 32.1. The number of ether oxygens (including phenoxy) is 2. The normalized spacial score (nSPS) is 17.6. The zero-order valence-electron chi connectivity index (χ0n) is 14.9. The highest BCUT2D eigenvalue weighted by Gasteiger charge is 2.25. The summed E-state index contributed by atoms with van der Waals surface area (Å²) >= 11 is 1.47. The van der Waals surface area contributed by atoms with Gasteiger partial charge in [-0.3, -0.25) is 4.79 Å². The molecule has 1 aliphatic heterocycles. The second-order valence-electron chi connectivity index (χ2n) is 6.71. The maximum absolute atomic E-state index is 12.6. The number of thiophene rings is 1. The topological polar surface area (TPSA) is 67.8 Å². The summed E-state index contributed by atoms with van der Waals surface area (Å²) in [6.45, 7) is 3.71. The van der Waals surface area contributed by atoms with Crippen LogP contribution in [-0.2, 0) is 21.7 Å². The van der Waals surface area contributed by atoms with E-state index >= 15 is 0 Å². The highest BCUT2D eigenvalue weighted by molar-refractivity contribution is 7.10. The summed E-state index contributed by atoms with van der Waals surface area (Å²) in [5.41, 5.74) is 0.353. The SMILES string of the molecule is C[C@](O)(CNC(=O)c1ccccc1COC1CCOCC1)c1cccs1. The van der Waals surface area contributed by atoms with E-state index in [2.05, 4.69) is 5.32 Å². The van der Waals surface area contributed by atoms with Crippen molar-refractivity contribution in [3.8, 4) is 0 Å². The average molecular weight is 375 g/mol. The Bertz CT molecular complexity index is 708. The Morgan fingerprint density at radius 3 is 2.81 bits per heavy atom. The van der Waals surface area contributed by atoms with Gasteiger partial charge in [-0.15, -0.1) is 11.3 Å².